The standard InChI is InChI=1S/C17H14FN5O2/c18-11-1-7-14(8-2-11)23-10-20-9-15(23)16(24)21-12-3-5-13(6-4-12)22-17(19)25/h1-10H,(H,21,24)(H3,19,22,25). The number of hydrogen-bond acceptors (Lipinski definition) is 3. The Morgan fingerprint density at radius 1 is 0.960 bits per heavy atom. The molecule has 0 aliphatic rings. The molecule has 3 rings (SSSR count). The molecule has 0 spiro atoms. The molecular weight excluding hydrogens is 325 g/mol. The van der Waals surface area contributed by atoms with Gasteiger partial charge in [0.1, 0.15) is 11.5 Å². The van der Waals surface area contributed by atoms with E-state index in [-0.39, 0.29) is 11.7 Å². The van der Waals surface area contributed by atoms with Gasteiger partial charge in [-0.15, -0.1) is 0 Å². The maximum Gasteiger partial charge on any atom is 0.316 e. The Balaban J connectivity index is 1.77. The predicted octanol–water partition coefficient (Wildman–Crippen LogP) is 2.75. The summed E-state index contributed by atoms with van der Waals surface area (Å²) in [5, 5.41) is 5.16. The molecule has 3 amide bonds. The number of rotatable bonds is 4. The minimum absolute atomic E-state index is 0.297. The van der Waals surface area contributed by atoms with E-state index in [0.29, 0.717) is 22.8 Å². The highest BCUT2D eigenvalue weighted by Crippen LogP contribution is 2.16. The van der Waals surface area contributed by atoms with Crippen LogP contribution in [0.15, 0.2) is 61.1 Å². The van der Waals surface area contributed by atoms with Crippen LogP contribution in [-0.2, 0) is 0 Å². The summed E-state index contributed by atoms with van der Waals surface area (Å²) < 4.78 is 14.6. The Morgan fingerprint density at radius 2 is 1.56 bits per heavy atom. The molecule has 0 saturated carbocycles. The third-order valence-corrected chi connectivity index (χ3v) is 3.39. The summed E-state index contributed by atoms with van der Waals surface area (Å²) in [6.07, 6.45) is 2.89. The molecule has 0 aliphatic heterocycles. The van der Waals surface area contributed by atoms with Crippen LogP contribution in [0.4, 0.5) is 20.6 Å². The number of aromatic nitrogens is 2. The zero-order chi connectivity index (χ0) is 17.8. The summed E-state index contributed by atoms with van der Waals surface area (Å²) in [7, 11) is 0. The first-order valence-electron chi connectivity index (χ1n) is 7.29. The quantitative estimate of drug-likeness (QED) is 0.681. The molecule has 0 radical (unpaired) electrons. The number of carbonyl (C=O) groups is 2. The van der Waals surface area contributed by atoms with Crippen LogP contribution in [0.25, 0.3) is 5.69 Å². The van der Waals surface area contributed by atoms with E-state index in [9.17, 15) is 14.0 Å². The Labute approximate surface area is 142 Å². The Hall–Kier alpha value is -3.68. The van der Waals surface area contributed by atoms with E-state index in [2.05, 4.69) is 15.6 Å². The van der Waals surface area contributed by atoms with Gasteiger partial charge < -0.3 is 16.4 Å². The summed E-state index contributed by atoms with van der Waals surface area (Å²) in [5.74, 6) is -0.739. The van der Waals surface area contributed by atoms with E-state index in [1.807, 2.05) is 0 Å². The van der Waals surface area contributed by atoms with Crippen molar-refractivity contribution in [3.8, 4) is 5.69 Å². The molecule has 2 aromatic carbocycles. The average Bonchev–Trinajstić information content (AvgIpc) is 3.06. The van der Waals surface area contributed by atoms with E-state index in [1.54, 1.807) is 41.0 Å². The molecule has 3 aromatic rings. The Bertz CT molecular complexity index is 904. The predicted molar refractivity (Wildman–Crippen MR) is 91.1 cm³/mol. The van der Waals surface area contributed by atoms with Crippen LogP contribution in [0.3, 0.4) is 0 Å². The van der Waals surface area contributed by atoms with Gasteiger partial charge >= 0.3 is 6.03 Å². The lowest BCUT2D eigenvalue weighted by molar-refractivity contribution is 0.102. The number of urea groups is 1. The summed E-state index contributed by atoms with van der Waals surface area (Å²) in [5.41, 5.74) is 7.00. The van der Waals surface area contributed by atoms with Gasteiger partial charge in [-0.25, -0.2) is 14.2 Å². The lowest BCUT2D eigenvalue weighted by Gasteiger charge is -2.09. The van der Waals surface area contributed by atoms with Gasteiger partial charge in [-0.05, 0) is 48.5 Å². The van der Waals surface area contributed by atoms with Crippen molar-refractivity contribution in [2.75, 3.05) is 10.6 Å². The molecule has 0 atom stereocenters. The number of anilines is 2. The van der Waals surface area contributed by atoms with Crippen molar-refractivity contribution < 1.29 is 14.0 Å². The van der Waals surface area contributed by atoms with Crippen LogP contribution in [-0.4, -0.2) is 21.5 Å². The first-order valence-corrected chi connectivity index (χ1v) is 7.29. The molecule has 0 saturated heterocycles. The SMILES string of the molecule is NC(=O)Nc1ccc(NC(=O)c2cncn2-c2ccc(F)cc2)cc1. The number of imidazole rings is 1. The number of nitrogens with two attached hydrogens (primary N) is 1. The number of amides is 3. The van der Waals surface area contributed by atoms with E-state index in [0.717, 1.165) is 0 Å². The minimum Gasteiger partial charge on any atom is -0.351 e. The molecule has 1 aromatic heterocycles. The first-order chi connectivity index (χ1) is 12.0. The van der Waals surface area contributed by atoms with Gasteiger partial charge in [-0.1, -0.05) is 0 Å². The molecular formula is C17H14FN5O2. The van der Waals surface area contributed by atoms with E-state index in [4.69, 9.17) is 5.73 Å². The van der Waals surface area contributed by atoms with Crippen LogP contribution < -0.4 is 16.4 Å². The van der Waals surface area contributed by atoms with Crippen LogP contribution in [0.2, 0.25) is 0 Å². The van der Waals surface area contributed by atoms with Gasteiger partial charge in [0, 0.05) is 17.1 Å². The van der Waals surface area contributed by atoms with Crippen LogP contribution in [0.1, 0.15) is 10.5 Å². The second kappa shape index (κ2) is 6.83. The molecule has 25 heavy (non-hydrogen) atoms. The number of carbonyl (C=O) groups excluding carboxylic acids is 2. The fourth-order valence-corrected chi connectivity index (χ4v) is 2.24. The smallest absolute Gasteiger partial charge is 0.316 e. The number of primary amides is 1. The minimum atomic E-state index is -0.667. The van der Waals surface area contributed by atoms with Crippen LogP contribution in [0.5, 0.6) is 0 Å². The van der Waals surface area contributed by atoms with Gasteiger partial charge in [-0.2, -0.15) is 0 Å². The average molecular weight is 339 g/mol. The summed E-state index contributed by atoms with van der Waals surface area (Å²) in [4.78, 5) is 27.2. The number of benzene rings is 2. The maximum atomic E-state index is 13.0. The van der Waals surface area contributed by atoms with Crippen molar-refractivity contribution in [1.29, 1.82) is 0 Å². The van der Waals surface area contributed by atoms with Crippen molar-refractivity contribution in [3.05, 3.63) is 72.6 Å². The Morgan fingerprint density at radius 3 is 2.16 bits per heavy atom. The van der Waals surface area contributed by atoms with Crippen molar-refractivity contribution >= 4 is 23.3 Å². The molecule has 7 nitrogen and oxygen atoms in total. The molecule has 126 valence electrons. The highest BCUT2D eigenvalue weighted by Gasteiger charge is 2.13. The number of hydrogen-bond donors (Lipinski definition) is 3. The van der Waals surface area contributed by atoms with E-state index < -0.39 is 6.03 Å². The molecule has 0 unspecified atom stereocenters. The zero-order valence-corrected chi connectivity index (χ0v) is 12.9. The van der Waals surface area contributed by atoms with Crippen molar-refractivity contribution in [3.63, 3.8) is 0 Å². The fraction of sp³-hybridized carbons (Fsp3) is 0. The molecule has 0 aliphatic carbocycles. The van der Waals surface area contributed by atoms with Crippen LogP contribution >= 0.6 is 0 Å². The first kappa shape index (κ1) is 16.2. The lowest BCUT2D eigenvalue weighted by atomic mass is 10.2. The number of nitrogens with one attached hydrogen (secondary N) is 2. The fourth-order valence-electron chi connectivity index (χ4n) is 2.24. The molecule has 0 fully saturated rings. The maximum absolute atomic E-state index is 13.0. The highest BCUT2D eigenvalue weighted by atomic mass is 19.1. The van der Waals surface area contributed by atoms with Gasteiger partial charge in [-0.3, -0.25) is 9.36 Å². The molecule has 8 heteroatoms. The number of halogens is 1. The van der Waals surface area contributed by atoms with E-state index >= 15 is 0 Å². The monoisotopic (exact) mass is 339 g/mol. The molecule has 0 bridgehead atoms. The normalized spacial score (nSPS) is 10.3. The third-order valence-electron chi connectivity index (χ3n) is 3.39. The van der Waals surface area contributed by atoms with Crippen molar-refractivity contribution in [2.24, 2.45) is 5.73 Å². The van der Waals surface area contributed by atoms with Crippen molar-refractivity contribution in [2.45, 2.75) is 0 Å². The van der Waals surface area contributed by atoms with Crippen molar-refractivity contribution in [1.82, 2.24) is 9.55 Å². The third kappa shape index (κ3) is 3.81. The lowest BCUT2D eigenvalue weighted by Crippen LogP contribution is -2.19. The molecule has 1 heterocycles. The largest absolute Gasteiger partial charge is 0.351 e. The second-order valence-electron chi connectivity index (χ2n) is 5.15. The Kier molecular flexibility index (Phi) is 4.42. The zero-order valence-electron chi connectivity index (χ0n) is 12.9. The van der Waals surface area contributed by atoms with Gasteiger partial charge in [0.05, 0.1) is 12.5 Å². The summed E-state index contributed by atoms with van der Waals surface area (Å²) in [6, 6.07) is 11.5. The summed E-state index contributed by atoms with van der Waals surface area (Å²) >= 11 is 0. The highest BCUT2D eigenvalue weighted by molar-refractivity contribution is 6.03. The van der Waals surface area contributed by atoms with E-state index in [1.165, 1.54) is 24.7 Å². The second-order valence-corrected chi connectivity index (χ2v) is 5.15. The summed E-state index contributed by atoms with van der Waals surface area (Å²) in [6.45, 7) is 0. The van der Waals surface area contributed by atoms with Gasteiger partial charge in [0.15, 0.2) is 0 Å². The van der Waals surface area contributed by atoms with Gasteiger partial charge in [0.25, 0.3) is 5.91 Å². The molecule has 4 N–H and O–H groups in total. The van der Waals surface area contributed by atoms with Crippen LogP contribution in [0, 0.1) is 5.82 Å². The van der Waals surface area contributed by atoms with Gasteiger partial charge in [0.2, 0.25) is 0 Å². The number of nitrogens with zero attached hydrogens (tertiary/aromatic N) is 2. The topological polar surface area (TPSA) is 102 Å².